The van der Waals surface area contributed by atoms with Crippen LogP contribution in [0.2, 0.25) is 5.02 Å². The Kier molecular flexibility index (Phi) is 5.50. The molecule has 0 bridgehead atoms. The van der Waals surface area contributed by atoms with E-state index >= 15 is 0 Å². The Morgan fingerprint density at radius 1 is 1.15 bits per heavy atom. The van der Waals surface area contributed by atoms with Gasteiger partial charge >= 0.3 is 5.97 Å². The van der Waals surface area contributed by atoms with Gasteiger partial charge in [-0.05, 0) is 48.5 Å². The SMILES string of the molecule is NC(CC(=O)O)Cc1nc(-c2ccc(Oc3ccc(Cl)cc3)cc2)no1. The van der Waals surface area contributed by atoms with Gasteiger partial charge in [-0.25, -0.2) is 0 Å². The van der Waals surface area contributed by atoms with Crippen LogP contribution in [0.3, 0.4) is 0 Å². The van der Waals surface area contributed by atoms with Crippen molar-refractivity contribution >= 4 is 17.6 Å². The second-order valence-electron chi connectivity index (χ2n) is 5.65. The summed E-state index contributed by atoms with van der Waals surface area (Å²) in [6.07, 6.45) is 0.0471. The summed E-state index contributed by atoms with van der Waals surface area (Å²) in [5.74, 6) is 1.07. The molecule has 1 unspecified atom stereocenters. The van der Waals surface area contributed by atoms with Gasteiger partial charge in [-0.1, -0.05) is 16.8 Å². The molecule has 0 saturated heterocycles. The largest absolute Gasteiger partial charge is 0.481 e. The molecule has 7 nitrogen and oxygen atoms in total. The molecular formula is C18H16ClN3O4. The molecular weight excluding hydrogens is 358 g/mol. The molecule has 1 heterocycles. The van der Waals surface area contributed by atoms with Crippen molar-refractivity contribution in [2.75, 3.05) is 0 Å². The minimum absolute atomic E-state index is 0.158. The molecule has 134 valence electrons. The average Bonchev–Trinajstić information content (AvgIpc) is 3.05. The highest BCUT2D eigenvalue weighted by atomic mass is 35.5. The van der Waals surface area contributed by atoms with E-state index in [9.17, 15) is 4.79 Å². The highest BCUT2D eigenvalue weighted by Crippen LogP contribution is 2.25. The number of carboxylic acids is 1. The number of nitrogens with zero attached hydrogens (tertiary/aromatic N) is 2. The molecule has 3 aromatic rings. The summed E-state index contributed by atoms with van der Waals surface area (Å²) in [7, 11) is 0. The number of carboxylic acid groups (broad SMARTS) is 1. The van der Waals surface area contributed by atoms with E-state index in [1.165, 1.54) is 0 Å². The first kappa shape index (κ1) is 17.9. The maximum absolute atomic E-state index is 10.6. The van der Waals surface area contributed by atoms with E-state index in [2.05, 4.69) is 10.1 Å². The number of rotatable bonds is 7. The maximum Gasteiger partial charge on any atom is 0.304 e. The van der Waals surface area contributed by atoms with E-state index in [0.29, 0.717) is 28.2 Å². The molecule has 1 aromatic heterocycles. The van der Waals surface area contributed by atoms with Crippen molar-refractivity contribution in [1.82, 2.24) is 10.1 Å². The van der Waals surface area contributed by atoms with Crippen LogP contribution < -0.4 is 10.5 Å². The first-order valence-electron chi connectivity index (χ1n) is 7.83. The van der Waals surface area contributed by atoms with E-state index in [0.717, 1.165) is 5.56 Å². The standard InChI is InChI=1S/C18H16ClN3O4/c19-12-3-7-15(8-4-12)25-14-5-1-11(2-6-14)18-21-16(26-22-18)9-13(20)10-17(23)24/h1-8,13H,9-10,20H2,(H,23,24). The van der Waals surface area contributed by atoms with Crippen LogP contribution >= 0.6 is 11.6 Å². The summed E-state index contributed by atoms with van der Waals surface area (Å²) < 4.78 is 10.9. The normalized spacial score (nSPS) is 11.9. The smallest absolute Gasteiger partial charge is 0.304 e. The predicted molar refractivity (Wildman–Crippen MR) is 95.2 cm³/mol. The molecule has 1 atom stereocenters. The minimum Gasteiger partial charge on any atom is -0.481 e. The first-order valence-corrected chi connectivity index (χ1v) is 8.21. The Morgan fingerprint density at radius 2 is 1.77 bits per heavy atom. The van der Waals surface area contributed by atoms with Gasteiger partial charge in [0, 0.05) is 23.0 Å². The number of ether oxygens (including phenoxy) is 1. The third-order valence-electron chi connectivity index (χ3n) is 3.50. The van der Waals surface area contributed by atoms with Crippen LogP contribution in [0.4, 0.5) is 0 Å². The Hall–Kier alpha value is -2.90. The fourth-order valence-corrected chi connectivity index (χ4v) is 2.41. The van der Waals surface area contributed by atoms with Gasteiger partial charge < -0.3 is 20.1 Å². The molecule has 3 N–H and O–H groups in total. The van der Waals surface area contributed by atoms with Crippen LogP contribution in [-0.2, 0) is 11.2 Å². The van der Waals surface area contributed by atoms with Crippen molar-refractivity contribution in [2.24, 2.45) is 5.73 Å². The zero-order valence-corrected chi connectivity index (χ0v) is 14.4. The monoisotopic (exact) mass is 373 g/mol. The molecule has 0 amide bonds. The molecule has 0 spiro atoms. The average molecular weight is 374 g/mol. The van der Waals surface area contributed by atoms with Crippen LogP contribution in [0, 0.1) is 0 Å². The Labute approximate surface area is 154 Å². The number of benzene rings is 2. The molecule has 0 radical (unpaired) electrons. The third kappa shape index (κ3) is 4.81. The lowest BCUT2D eigenvalue weighted by molar-refractivity contribution is -0.137. The van der Waals surface area contributed by atoms with Gasteiger partial charge in [0.1, 0.15) is 11.5 Å². The molecule has 0 aliphatic carbocycles. The van der Waals surface area contributed by atoms with E-state index in [4.69, 9.17) is 31.7 Å². The van der Waals surface area contributed by atoms with Crippen molar-refractivity contribution in [2.45, 2.75) is 18.9 Å². The number of hydrogen-bond acceptors (Lipinski definition) is 6. The number of halogens is 1. The van der Waals surface area contributed by atoms with Crippen LogP contribution in [0.15, 0.2) is 53.1 Å². The van der Waals surface area contributed by atoms with Crippen molar-refractivity contribution in [3.05, 3.63) is 59.4 Å². The van der Waals surface area contributed by atoms with E-state index < -0.39 is 12.0 Å². The van der Waals surface area contributed by atoms with E-state index in [1.54, 1.807) is 48.5 Å². The second kappa shape index (κ2) is 7.99. The molecule has 8 heteroatoms. The molecule has 0 fully saturated rings. The lowest BCUT2D eigenvalue weighted by Gasteiger charge is -2.06. The molecule has 26 heavy (non-hydrogen) atoms. The number of aromatic nitrogens is 2. The van der Waals surface area contributed by atoms with Crippen molar-refractivity contribution in [3.63, 3.8) is 0 Å². The number of carbonyl (C=O) groups is 1. The van der Waals surface area contributed by atoms with Crippen molar-refractivity contribution in [1.29, 1.82) is 0 Å². The molecule has 3 rings (SSSR count). The van der Waals surface area contributed by atoms with Crippen LogP contribution in [0.1, 0.15) is 12.3 Å². The lowest BCUT2D eigenvalue weighted by Crippen LogP contribution is -2.26. The minimum atomic E-state index is -0.964. The summed E-state index contributed by atoms with van der Waals surface area (Å²) in [6, 6.07) is 13.7. The van der Waals surface area contributed by atoms with E-state index in [-0.39, 0.29) is 12.8 Å². The summed E-state index contributed by atoms with van der Waals surface area (Å²) >= 11 is 5.85. The highest BCUT2D eigenvalue weighted by Gasteiger charge is 2.15. The van der Waals surface area contributed by atoms with Gasteiger partial charge in [0.15, 0.2) is 0 Å². The third-order valence-corrected chi connectivity index (χ3v) is 3.76. The van der Waals surface area contributed by atoms with Crippen LogP contribution in [0.25, 0.3) is 11.4 Å². The molecule has 0 aliphatic rings. The van der Waals surface area contributed by atoms with Crippen LogP contribution in [-0.4, -0.2) is 27.3 Å². The zero-order valence-electron chi connectivity index (χ0n) is 13.6. The van der Waals surface area contributed by atoms with Crippen molar-refractivity contribution in [3.8, 4) is 22.9 Å². The van der Waals surface area contributed by atoms with Crippen LogP contribution in [0.5, 0.6) is 11.5 Å². The van der Waals surface area contributed by atoms with Crippen molar-refractivity contribution < 1.29 is 19.2 Å². The molecule has 2 aromatic carbocycles. The fraction of sp³-hybridized carbons (Fsp3) is 0.167. The van der Waals surface area contributed by atoms with Gasteiger partial charge in [-0.15, -0.1) is 0 Å². The predicted octanol–water partition coefficient (Wildman–Crippen LogP) is 3.53. The van der Waals surface area contributed by atoms with Gasteiger partial charge in [0.2, 0.25) is 11.7 Å². The van der Waals surface area contributed by atoms with Gasteiger partial charge in [-0.2, -0.15) is 4.98 Å². The number of aliphatic carboxylic acids is 1. The Balaban J connectivity index is 1.65. The molecule has 0 aliphatic heterocycles. The Morgan fingerprint density at radius 3 is 2.38 bits per heavy atom. The second-order valence-corrected chi connectivity index (χ2v) is 6.09. The lowest BCUT2D eigenvalue weighted by atomic mass is 10.1. The first-order chi connectivity index (χ1) is 12.5. The quantitative estimate of drug-likeness (QED) is 0.651. The zero-order chi connectivity index (χ0) is 18.5. The molecule has 0 saturated carbocycles. The summed E-state index contributed by atoms with van der Waals surface area (Å²) in [5.41, 5.74) is 6.47. The number of nitrogens with two attached hydrogens (primary N) is 1. The van der Waals surface area contributed by atoms with Gasteiger partial charge in [0.25, 0.3) is 0 Å². The highest BCUT2D eigenvalue weighted by molar-refractivity contribution is 6.30. The summed E-state index contributed by atoms with van der Waals surface area (Å²) in [4.78, 5) is 14.9. The van der Waals surface area contributed by atoms with Gasteiger partial charge in [-0.3, -0.25) is 4.79 Å². The van der Waals surface area contributed by atoms with Gasteiger partial charge in [0.05, 0.1) is 6.42 Å². The summed E-state index contributed by atoms with van der Waals surface area (Å²) in [5, 5.41) is 13.3. The number of hydrogen-bond donors (Lipinski definition) is 2. The fourth-order valence-electron chi connectivity index (χ4n) is 2.29. The summed E-state index contributed by atoms with van der Waals surface area (Å²) in [6.45, 7) is 0. The maximum atomic E-state index is 10.6. The topological polar surface area (TPSA) is 111 Å². The van der Waals surface area contributed by atoms with E-state index in [1.807, 2.05) is 0 Å². The Bertz CT molecular complexity index is 878.